The van der Waals surface area contributed by atoms with Crippen LogP contribution in [-0.2, 0) is 4.79 Å². The molecule has 2 atom stereocenters. The van der Waals surface area contributed by atoms with Crippen LogP contribution in [0.25, 0.3) is 5.69 Å². The highest BCUT2D eigenvalue weighted by Crippen LogP contribution is 2.45. The van der Waals surface area contributed by atoms with Crippen LogP contribution < -0.4 is 10.6 Å². The van der Waals surface area contributed by atoms with E-state index >= 15 is 0 Å². The van der Waals surface area contributed by atoms with Crippen molar-refractivity contribution in [3.63, 3.8) is 0 Å². The van der Waals surface area contributed by atoms with Crippen LogP contribution in [0, 0.1) is 5.41 Å². The zero-order chi connectivity index (χ0) is 15.0. The van der Waals surface area contributed by atoms with Crippen molar-refractivity contribution in [3.8, 4) is 5.69 Å². The van der Waals surface area contributed by atoms with E-state index in [1.807, 2.05) is 18.3 Å². The Hall–Kier alpha value is -2.21. The highest BCUT2D eigenvalue weighted by molar-refractivity contribution is 5.96. The summed E-state index contributed by atoms with van der Waals surface area (Å²) >= 11 is 0. The van der Waals surface area contributed by atoms with Gasteiger partial charge in [-0.3, -0.25) is 9.78 Å². The average Bonchev–Trinajstić information content (AvgIpc) is 3.23. The van der Waals surface area contributed by atoms with Crippen molar-refractivity contribution in [1.29, 1.82) is 0 Å². The molecule has 3 heterocycles. The molecule has 2 aliphatic rings. The fourth-order valence-electron chi connectivity index (χ4n) is 3.80. The second-order valence-electron chi connectivity index (χ2n) is 6.14. The molecule has 2 fully saturated rings. The smallest absolute Gasteiger partial charge is 0.232 e. The Morgan fingerprint density at radius 3 is 3.09 bits per heavy atom. The number of rotatable bonds is 3. The summed E-state index contributed by atoms with van der Waals surface area (Å²) < 4.78 is 1.74. The zero-order valence-corrected chi connectivity index (χ0v) is 12.3. The lowest BCUT2D eigenvalue weighted by atomic mass is 9.81. The number of anilines is 1. The summed E-state index contributed by atoms with van der Waals surface area (Å²) in [6, 6.07) is 4.10. The highest BCUT2D eigenvalue weighted by atomic mass is 16.2. The Balaban J connectivity index is 1.52. The molecule has 6 heteroatoms. The quantitative estimate of drug-likeness (QED) is 0.905. The molecule has 1 saturated heterocycles. The second-order valence-corrected chi connectivity index (χ2v) is 6.14. The molecular weight excluding hydrogens is 278 g/mol. The first-order chi connectivity index (χ1) is 10.8. The number of aromatic nitrogens is 3. The van der Waals surface area contributed by atoms with Gasteiger partial charge in [-0.15, -0.1) is 0 Å². The second kappa shape index (κ2) is 5.21. The van der Waals surface area contributed by atoms with Crippen molar-refractivity contribution in [3.05, 3.63) is 36.9 Å². The van der Waals surface area contributed by atoms with Crippen molar-refractivity contribution >= 4 is 11.6 Å². The molecule has 0 aromatic carbocycles. The van der Waals surface area contributed by atoms with E-state index in [9.17, 15) is 4.79 Å². The van der Waals surface area contributed by atoms with Crippen LogP contribution in [0.1, 0.15) is 25.7 Å². The third kappa shape index (κ3) is 2.11. The van der Waals surface area contributed by atoms with Crippen LogP contribution in [-0.4, -0.2) is 33.3 Å². The van der Waals surface area contributed by atoms with Gasteiger partial charge < -0.3 is 10.6 Å². The normalized spacial score (nSPS) is 26.8. The average molecular weight is 297 g/mol. The first-order valence-corrected chi connectivity index (χ1v) is 7.78. The van der Waals surface area contributed by atoms with Crippen LogP contribution in [0.15, 0.2) is 36.9 Å². The number of hydrogen-bond acceptors (Lipinski definition) is 4. The van der Waals surface area contributed by atoms with Gasteiger partial charge in [-0.1, -0.05) is 6.42 Å². The Labute approximate surface area is 128 Å². The van der Waals surface area contributed by atoms with Gasteiger partial charge in [0.15, 0.2) is 0 Å². The fraction of sp³-hybridized carbons (Fsp3) is 0.438. The lowest BCUT2D eigenvalue weighted by molar-refractivity contribution is -0.125. The van der Waals surface area contributed by atoms with E-state index in [4.69, 9.17) is 0 Å². The fourth-order valence-corrected chi connectivity index (χ4v) is 3.80. The van der Waals surface area contributed by atoms with Gasteiger partial charge in [0.05, 0.1) is 29.2 Å². The molecule has 1 aliphatic heterocycles. The van der Waals surface area contributed by atoms with Gasteiger partial charge in [0, 0.05) is 18.4 Å². The topological polar surface area (TPSA) is 71.8 Å². The largest absolute Gasteiger partial charge is 0.323 e. The number of carbonyl (C=O) groups excluding carboxylic acids is 1. The van der Waals surface area contributed by atoms with E-state index in [0.717, 1.165) is 43.6 Å². The van der Waals surface area contributed by atoms with Crippen LogP contribution >= 0.6 is 0 Å². The third-order valence-electron chi connectivity index (χ3n) is 4.96. The zero-order valence-electron chi connectivity index (χ0n) is 12.3. The summed E-state index contributed by atoms with van der Waals surface area (Å²) in [5.74, 6) is 0.134. The molecular formula is C16H19N5O. The predicted molar refractivity (Wildman–Crippen MR) is 82.7 cm³/mol. The van der Waals surface area contributed by atoms with Crippen LogP contribution in [0.4, 0.5) is 5.69 Å². The van der Waals surface area contributed by atoms with Crippen LogP contribution in [0.2, 0.25) is 0 Å². The summed E-state index contributed by atoms with van der Waals surface area (Å²) in [6.07, 6.45) is 11.1. The molecule has 1 saturated carbocycles. The summed E-state index contributed by atoms with van der Waals surface area (Å²) in [4.78, 5) is 16.8. The summed E-state index contributed by atoms with van der Waals surface area (Å²) in [5.41, 5.74) is 1.45. The minimum atomic E-state index is -0.223. The van der Waals surface area contributed by atoms with E-state index in [1.165, 1.54) is 0 Å². The number of nitrogens with one attached hydrogen (secondary N) is 2. The lowest BCUT2D eigenvalue weighted by Crippen LogP contribution is -2.41. The van der Waals surface area contributed by atoms with Gasteiger partial charge >= 0.3 is 0 Å². The Kier molecular flexibility index (Phi) is 3.18. The number of pyridine rings is 1. The highest BCUT2D eigenvalue weighted by Gasteiger charge is 2.51. The summed E-state index contributed by atoms with van der Waals surface area (Å²) in [6.45, 7) is 0.939. The van der Waals surface area contributed by atoms with Gasteiger partial charge in [0.1, 0.15) is 0 Å². The first-order valence-electron chi connectivity index (χ1n) is 7.78. The minimum Gasteiger partial charge on any atom is -0.323 e. The van der Waals surface area contributed by atoms with Crippen molar-refractivity contribution in [2.45, 2.75) is 31.7 Å². The van der Waals surface area contributed by atoms with Gasteiger partial charge in [0.25, 0.3) is 0 Å². The number of nitrogens with zero attached hydrogens (tertiary/aromatic N) is 3. The molecule has 6 nitrogen and oxygen atoms in total. The summed E-state index contributed by atoms with van der Waals surface area (Å²) in [5, 5.41) is 10.8. The van der Waals surface area contributed by atoms with Crippen LogP contribution in [0.5, 0.6) is 0 Å². The van der Waals surface area contributed by atoms with Crippen molar-refractivity contribution < 1.29 is 4.79 Å². The molecule has 4 rings (SSSR count). The molecule has 1 aliphatic carbocycles. The van der Waals surface area contributed by atoms with E-state index in [0.29, 0.717) is 6.04 Å². The van der Waals surface area contributed by atoms with E-state index in [-0.39, 0.29) is 11.3 Å². The van der Waals surface area contributed by atoms with Crippen molar-refractivity contribution in [2.75, 3.05) is 11.9 Å². The van der Waals surface area contributed by atoms with Gasteiger partial charge in [0.2, 0.25) is 5.91 Å². The van der Waals surface area contributed by atoms with E-state index < -0.39 is 0 Å². The summed E-state index contributed by atoms with van der Waals surface area (Å²) in [7, 11) is 0. The maximum Gasteiger partial charge on any atom is 0.232 e. The standard InChI is InChI=1S/C16H19N5O/c22-15(16-5-1-2-14(16)18-9-6-16)20-12-10-19-21(11-12)13-3-7-17-8-4-13/h3-4,7-8,10-11,14,18H,1-2,5-6,9H2,(H,20,22)/t14-,16+/m1/s1. The maximum absolute atomic E-state index is 12.8. The molecule has 2 aromatic heterocycles. The molecule has 114 valence electrons. The lowest BCUT2D eigenvalue weighted by Gasteiger charge is -2.26. The molecule has 22 heavy (non-hydrogen) atoms. The Morgan fingerprint density at radius 2 is 2.23 bits per heavy atom. The van der Waals surface area contributed by atoms with Crippen molar-refractivity contribution in [2.24, 2.45) is 5.41 Å². The monoisotopic (exact) mass is 297 g/mol. The molecule has 1 amide bonds. The predicted octanol–water partition coefficient (Wildman–Crippen LogP) is 1.74. The van der Waals surface area contributed by atoms with Crippen molar-refractivity contribution in [1.82, 2.24) is 20.1 Å². The molecule has 2 aromatic rings. The van der Waals surface area contributed by atoms with Gasteiger partial charge in [-0.05, 0) is 37.9 Å². The number of fused-ring (bicyclic) bond motifs is 1. The SMILES string of the molecule is O=C(Nc1cnn(-c2ccncc2)c1)[C@]12CCC[C@H]1NCC2. The first kappa shape index (κ1) is 13.5. The number of carbonyl (C=O) groups is 1. The molecule has 0 bridgehead atoms. The molecule has 2 N–H and O–H groups in total. The van der Waals surface area contributed by atoms with Gasteiger partial charge in [-0.25, -0.2) is 4.68 Å². The molecule has 0 radical (unpaired) electrons. The number of amides is 1. The Morgan fingerprint density at radius 1 is 1.36 bits per heavy atom. The number of hydrogen-bond donors (Lipinski definition) is 2. The minimum absolute atomic E-state index is 0.134. The molecule has 0 spiro atoms. The molecule has 0 unspecified atom stereocenters. The van der Waals surface area contributed by atoms with E-state index in [1.54, 1.807) is 23.3 Å². The maximum atomic E-state index is 12.8. The van der Waals surface area contributed by atoms with Crippen LogP contribution in [0.3, 0.4) is 0 Å². The van der Waals surface area contributed by atoms with Gasteiger partial charge in [-0.2, -0.15) is 5.10 Å². The third-order valence-corrected chi connectivity index (χ3v) is 4.96. The Bertz CT molecular complexity index is 671. The van der Waals surface area contributed by atoms with E-state index in [2.05, 4.69) is 20.7 Å².